The molecule has 0 aromatic heterocycles. The summed E-state index contributed by atoms with van der Waals surface area (Å²) in [5.74, 6) is 0.0994. The van der Waals surface area contributed by atoms with Gasteiger partial charge in [0.2, 0.25) is 5.78 Å². The number of morpholine rings is 1. The largest absolute Gasteiger partial charge is 0.872 e. The fourth-order valence-corrected chi connectivity index (χ4v) is 6.19. The molecule has 3 aliphatic rings. The van der Waals surface area contributed by atoms with Crippen LogP contribution in [0.15, 0.2) is 42.0 Å². The minimum atomic E-state index is -0.816. The highest BCUT2D eigenvalue weighted by Gasteiger charge is 2.44. The molecule has 0 radical (unpaired) electrons. The van der Waals surface area contributed by atoms with E-state index in [0.29, 0.717) is 55.2 Å². The number of hydrogen-bond donors (Lipinski definition) is 1. The molecule has 2 fully saturated rings. The first-order chi connectivity index (χ1) is 20.9. The Labute approximate surface area is 254 Å². The first kappa shape index (κ1) is 30.9. The number of nitrogens with one attached hydrogen (secondary N) is 1. The Morgan fingerprint density at radius 1 is 1.02 bits per heavy atom. The molecule has 2 aromatic carbocycles. The quantitative estimate of drug-likeness (QED) is 0.165. The number of carbonyl (C=O) groups is 2. The van der Waals surface area contributed by atoms with Crippen molar-refractivity contribution in [3.8, 4) is 17.2 Å². The average molecular weight is 593 g/mol. The molecule has 2 unspecified atom stereocenters. The van der Waals surface area contributed by atoms with Gasteiger partial charge in [0.25, 0.3) is 5.91 Å². The topological polar surface area (TPSA) is 102 Å². The van der Waals surface area contributed by atoms with Crippen LogP contribution in [0.4, 0.5) is 0 Å². The number of unbranched alkanes of at least 4 members (excludes halogenated alkanes) is 2. The van der Waals surface area contributed by atoms with Crippen molar-refractivity contribution in [2.24, 2.45) is 0 Å². The van der Waals surface area contributed by atoms with Gasteiger partial charge in [-0.15, -0.1) is 0 Å². The summed E-state index contributed by atoms with van der Waals surface area (Å²) in [6.07, 6.45) is 4.53. The minimum absolute atomic E-state index is 0.0188. The third kappa shape index (κ3) is 6.99. The second-order valence-corrected chi connectivity index (χ2v) is 11.6. The zero-order valence-electron chi connectivity index (χ0n) is 25.6. The number of amides is 1. The van der Waals surface area contributed by atoms with Crippen molar-refractivity contribution in [2.75, 3.05) is 52.6 Å². The second-order valence-electron chi connectivity index (χ2n) is 11.6. The molecule has 0 saturated carbocycles. The maximum atomic E-state index is 14.1. The van der Waals surface area contributed by atoms with Crippen molar-refractivity contribution < 1.29 is 38.5 Å². The summed E-state index contributed by atoms with van der Waals surface area (Å²) in [6, 6.07) is 9.94. The minimum Gasteiger partial charge on any atom is -0.872 e. The summed E-state index contributed by atoms with van der Waals surface area (Å²) in [4.78, 5) is 30.1. The normalized spacial score (nSPS) is 21.6. The van der Waals surface area contributed by atoms with E-state index in [-0.39, 0.29) is 11.7 Å². The van der Waals surface area contributed by atoms with Crippen LogP contribution >= 0.6 is 0 Å². The predicted molar refractivity (Wildman–Crippen MR) is 160 cm³/mol. The van der Waals surface area contributed by atoms with Crippen LogP contribution in [-0.4, -0.2) is 75.3 Å². The number of carbonyl (C=O) groups excluding carboxylic acids is 2. The molecule has 0 aliphatic carbocycles. The molecule has 1 amide bonds. The van der Waals surface area contributed by atoms with E-state index in [2.05, 4.69) is 6.92 Å². The molecule has 0 bridgehead atoms. The highest BCUT2D eigenvalue weighted by Crippen LogP contribution is 2.42. The fraction of sp³-hybridized carbons (Fsp3) is 0.529. The van der Waals surface area contributed by atoms with Gasteiger partial charge in [-0.1, -0.05) is 37.7 Å². The summed E-state index contributed by atoms with van der Waals surface area (Å²) >= 11 is 0. The Kier molecular flexibility index (Phi) is 10.3. The number of likely N-dealkylation sites (tertiary alicyclic amines) is 1. The third-order valence-electron chi connectivity index (χ3n) is 8.41. The van der Waals surface area contributed by atoms with Gasteiger partial charge < -0.3 is 33.9 Å². The first-order valence-electron chi connectivity index (χ1n) is 15.8. The van der Waals surface area contributed by atoms with Gasteiger partial charge in [0.15, 0.2) is 11.5 Å². The smallest absolute Gasteiger partial charge is 0.295 e. The highest BCUT2D eigenvalue weighted by molar-refractivity contribution is 6.46. The molecule has 9 heteroatoms. The van der Waals surface area contributed by atoms with Crippen LogP contribution in [0.5, 0.6) is 17.2 Å². The Bertz CT molecular complexity index is 1330. The molecular formula is C34H44N2O7. The molecule has 9 nitrogen and oxygen atoms in total. The summed E-state index contributed by atoms with van der Waals surface area (Å²) in [5.41, 5.74) is 1.96. The van der Waals surface area contributed by atoms with Crippen LogP contribution < -0.4 is 24.2 Å². The lowest BCUT2D eigenvalue weighted by Crippen LogP contribution is -3.14. The van der Waals surface area contributed by atoms with E-state index in [1.165, 1.54) is 4.90 Å². The van der Waals surface area contributed by atoms with Gasteiger partial charge in [0.1, 0.15) is 24.9 Å². The SMILES string of the molecule is CCCCCOc1ccc(C2/C(=C(\[O-])c3ccc4c(c3)CC(C)O4)C(=O)C(=O)N2CCC[NH+]2CCOCC2)cc1OCC. The standard InChI is InChI=1S/C34H44N2O7/c1-4-6-7-17-42-28-12-9-24(22-29(28)41-5-2)31-30(32(37)25-10-11-27-26(21-25)20-23(3)43-27)33(38)34(39)36(31)14-8-13-35-15-18-40-19-16-35/h9-12,21-23,31,37H,4-8,13-20H2,1-3H3/b32-30+. The van der Waals surface area contributed by atoms with Crippen molar-refractivity contribution >= 4 is 17.4 Å². The fourth-order valence-electron chi connectivity index (χ4n) is 6.19. The average Bonchev–Trinajstić information content (AvgIpc) is 3.51. The van der Waals surface area contributed by atoms with E-state index in [4.69, 9.17) is 18.9 Å². The number of fused-ring (bicyclic) bond motifs is 1. The van der Waals surface area contributed by atoms with Gasteiger partial charge >= 0.3 is 0 Å². The number of quaternary nitrogens is 1. The molecule has 2 atom stereocenters. The molecule has 0 spiro atoms. The van der Waals surface area contributed by atoms with Crippen LogP contribution in [0.1, 0.15) is 69.2 Å². The number of Topliss-reactive ketones (excluding diaryl/α,β-unsaturated/α-hetero) is 1. The molecule has 2 aromatic rings. The summed E-state index contributed by atoms with van der Waals surface area (Å²) in [6.45, 7) is 11.5. The number of ether oxygens (including phenoxy) is 4. The van der Waals surface area contributed by atoms with Crippen LogP contribution in [0.3, 0.4) is 0 Å². The van der Waals surface area contributed by atoms with Crippen molar-refractivity contribution in [1.29, 1.82) is 0 Å². The molecule has 1 N–H and O–H groups in total. The van der Waals surface area contributed by atoms with Crippen LogP contribution in [0, 0.1) is 0 Å². The van der Waals surface area contributed by atoms with E-state index >= 15 is 0 Å². The van der Waals surface area contributed by atoms with Crippen molar-refractivity contribution in [1.82, 2.24) is 4.90 Å². The lowest BCUT2D eigenvalue weighted by Gasteiger charge is -2.29. The Balaban J connectivity index is 1.49. The molecule has 5 rings (SSSR count). The Hall–Kier alpha value is -3.56. The van der Waals surface area contributed by atoms with Crippen molar-refractivity contribution in [3.63, 3.8) is 0 Å². The van der Waals surface area contributed by atoms with E-state index in [0.717, 1.165) is 63.4 Å². The van der Waals surface area contributed by atoms with Gasteiger partial charge in [-0.05, 0) is 61.2 Å². The summed E-state index contributed by atoms with van der Waals surface area (Å²) in [5, 5.41) is 14.1. The molecular weight excluding hydrogens is 548 g/mol. The van der Waals surface area contributed by atoms with E-state index in [1.54, 1.807) is 23.1 Å². The van der Waals surface area contributed by atoms with E-state index in [9.17, 15) is 14.7 Å². The number of nitrogens with zero attached hydrogens (tertiary/aromatic N) is 1. The first-order valence-corrected chi connectivity index (χ1v) is 15.8. The number of rotatable bonds is 13. The van der Waals surface area contributed by atoms with Gasteiger partial charge in [-0.3, -0.25) is 9.59 Å². The zero-order chi connectivity index (χ0) is 30.3. The maximum absolute atomic E-state index is 14.1. The lowest BCUT2D eigenvalue weighted by molar-refractivity contribution is -0.908. The molecule has 3 aliphatic heterocycles. The molecule has 2 saturated heterocycles. The van der Waals surface area contributed by atoms with Crippen molar-refractivity contribution in [3.05, 3.63) is 58.7 Å². The van der Waals surface area contributed by atoms with Gasteiger partial charge in [0, 0.05) is 25.0 Å². The maximum Gasteiger partial charge on any atom is 0.295 e. The number of hydrogen-bond acceptors (Lipinski definition) is 7. The summed E-state index contributed by atoms with van der Waals surface area (Å²) < 4.78 is 23.3. The molecule has 43 heavy (non-hydrogen) atoms. The van der Waals surface area contributed by atoms with E-state index < -0.39 is 23.5 Å². The number of benzene rings is 2. The van der Waals surface area contributed by atoms with Crippen LogP contribution in [0.25, 0.3) is 5.76 Å². The monoisotopic (exact) mass is 592 g/mol. The van der Waals surface area contributed by atoms with Gasteiger partial charge in [-0.2, -0.15) is 0 Å². The van der Waals surface area contributed by atoms with Crippen molar-refractivity contribution in [2.45, 2.75) is 65.0 Å². The zero-order valence-corrected chi connectivity index (χ0v) is 25.6. The highest BCUT2D eigenvalue weighted by atomic mass is 16.5. The predicted octanol–water partition coefficient (Wildman–Crippen LogP) is 2.51. The van der Waals surface area contributed by atoms with Crippen LogP contribution in [0.2, 0.25) is 0 Å². The molecule has 3 heterocycles. The Morgan fingerprint density at radius 3 is 2.60 bits per heavy atom. The van der Waals surface area contributed by atoms with Gasteiger partial charge in [-0.25, -0.2) is 0 Å². The van der Waals surface area contributed by atoms with Gasteiger partial charge in [0.05, 0.1) is 39.0 Å². The molecule has 232 valence electrons. The van der Waals surface area contributed by atoms with Crippen LogP contribution in [-0.2, 0) is 20.7 Å². The third-order valence-corrected chi connectivity index (χ3v) is 8.41. The number of ketones is 1. The summed E-state index contributed by atoms with van der Waals surface area (Å²) in [7, 11) is 0. The lowest BCUT2D eigenvalue weighted by atomic mass is 9.94. The van der Waals surface area contributed by atoms with E-state index in [1.807, 2.05) is 32.0 Å². The second kappa shape index (κ2) is 14.3. The Morgan fingerprint density at radius 2 is 1.84 bits per heavy atom.